The topological polar surface area (TPSA) is 84.6 Å². The van der Waals surface area contributed by atoms with Crippen molar-refractivity contribution in [1.29, 1.82) is 0 Å². The quantitative estimate of drug-likeness (QED) is 0.814. The first-order valence-electron chi connectivity index (χ1n) is 8.10. The maximum Gasteiger partial charge on any atom is 0.252 e. The summed E-state index contributed by atoms with van der Waals surface area (Å²) >= 11 is 0. The summed E-state index contributed by atoms with van der Waals surface area (Å²) in [6, 6.07) is 6.83. The third-order valence-electron chi connectivity index (χ3n) is 4.03. The van der Waals surface area contributed by atoms with E-state index in [1.54, 1.807) is 38.1 Å². The van der Waals surface area contributed by atoms with E-state index in [1.165, 1.54) is 19.0 Å². The van der Waals surface area contributed by atoms with Gasteiger partial charge < -0.3 is 19.6 Å². The van der Waals surface area contributed by atoms with Gasteiger partial charge in [0.25, 0.3) is 5.91 Å². The molecule has 6 heteroatoms. The Morgan fingerprint density at radius 1 is 1.42 bits per heavy atom. The highest BCUT2D eigenvalue weighted by atomic mass is 16.5. The van der Waals surface area contributed by atoms with Gasteiger partial charge in [0.15, 0.2) is 0 Å². The Kier molecular flexibility index (Phi) is 4.57. The fourth-order valence-electron chi connectivity index (χ4n) is 2.25. The van der Waals surface area contributed by atoms with E-state index in [-0.39, 0.29) is 12.5 Å². The minimum absolute atomic E-state index is 0.0404. The number of carbonyl (C=O) groups excluding carboxylic acids is 1. The van der Waals surface area contributed by atoms with Gasteiger partial charge >= 0.3 is 0 Å². The highest BCUT2D eigenvalue weighted by molar-refractivity contribution is 5.93. The van der Waals surface area contributed by atoms with Crippen molar-refractivity contribution in [2.45, 2.75) is 32.3 Å². The van der Waals surface area contributed by atoms with E-state index >= 15 is 0 Å². The van der Waals surface area contributed by atoms with Gasteiger partial charge in [-0.25, -0.2) is 4.98 Å². The van der Waals surface area contributed by atoms with Crippen LogP contribution in [-0.4, -0.2) is 29.1 Å². The minimum Gasteiger partial charge on any atom is -0.477 e. The van der Waals surface area contributed by atoms with Crippen molar-refractivity contribution in [1.82, 2.24) is 10.3 Å². The first kappa shape index (κ1) is 16.5. The summed E-state index contributed by atoms with van der Waals surface area (Å²) in [5.74, 6) is 2.00. The van der Waals surface area contributed by atoms with Crippen molar-refractivity contribution in [2.24, 2.45) is 5.92 Å². The summed E-state index contributed by atoms with van der Waals surface area (Å²) < 4.78 is 11.0. The average molecular weight is 330 g/mol. The van der Waals surface area contributed by atoms with Crippen molar-refractivity contribution in [3.8, 4) is 5.88 Å². The highest BCUT2D eigenvalue weighted by Crippen LogP contribution is 2.29. The number of hydrogen-bond acceptors (Lipinski definition) is 5. The molecule has 2 heterocycles. The van der Waals surface area contributed by atoms with E-state index < -0.39 is 5.60 Å². The molecule has 1 atom stereocenters. The van der Waals surface area contributed by atoms with Crippen LogP contribution < -0.4 is 10.1 Å². The summed E-state index contributed by atoms with van der Waals surface area (Å²) in [6.07, 6.45) is 3.91. The van der Waals surface area contributed by atoms with Crippen LogP contribution in [-0.2, 0) is 5.60 Å². The predicted molar refractivity (Wildman–Crippen MR) is 87.8 cm³/mol. The Hall–Kier alpha value is -2.34. The van der Waals surface area contributed by atoms with Crippen LogP contribution in [0.25, 0.3) is 0 Å². The van der Waals surface area contributed by atoms with Crippen LogP contribution in [0.2, 0.25) is 0 Å². The molecule has 0 aliphatic heterocycles. The van der Waals surface area contributed by atoms with Gasteiger partial charge in [-0.3, -0.25) is 4.79 Å². The van der Waals surface area contributed by atoms with E-state index in [9.17, 15) is 9.90 Å². The third-order valence-corrected chi connectivity index (χ3v) is 4.03. The number of carbonyl (C=O) groups is 1. The van der Waals surface area contributed by atoms with Gasteiger partial charge in [-0.2, -0.15) is 0 Å². The van der Waals surface area contributed by atoms with Crippen molar-refractivity contribution < 1.29 is 19.1 Å². The van der Waals surface area contributed by atoms with Crippen LogP contribution in [0.1, 0.15) is 41.6 Å². The van der Waals surface area contributed by atoms with Crippen molar-refractivity contribution >= 4 is 5.91 Å². The molecule has 128 valence electrons. The van der Waals surface area contributed by atoms with Gasteiger partial charge in [0.2, 0.25) is 5.88 Å². The van der Waals surface area contributed by atoms with E-state index in [0.717, 1.165) is 0 Å². The molecule has 24 heavy (non-hydrogen) atoms. The molecule has 1 aliphatic carbocycles. The first-order valence-corrected chi connectivity index (χ1v) is 8.10. The molecule has 1 saturated carbocycles. The predicted octanol–water partition coefficient (Wildman–Crippen LogP) is 2.41. The molecule has 2 aromatic heterocycles. The lowest BCUT2D eigenvalue weighted by molar-refractivity contribution is 0.0323. The van der Waals surface area contributed by atoms with Crippen LogP contribution in [0.4, 0.5) is 0 Å². The maximum absolute atomic E-state index is 12.2. The second kappa shape index (κ2) is 6.65. The smallest absolute Gasteiger partial charge is 0.252 e. The number of hydrogen-bond donors (Lipinski definition) is 2. The van der Waals surface area contributed by atoms with Crippen molar-refractivity contribution in [3.63, 3.8) is 0 Å². The Morgan fingerprint density at radius 3 is 2.79 bits per heavy atom. The second-order valence-corrected chi connectivity index (χ2v) is 6.51. The molecule has 6 nitrogen and oxygen atoms in total. The molecule has 2 N–H and O–H groups in total. The van der Waals surface area contributed by atoms with Crippen LogP contribution in [0.5, 0.6) is 5.88 Å². The van der Waals surface area contributed by atoms with Crippen molar-refractivity contribution in [3.05, 3.63) is 47.5 Å². The Bertz CT molecular complexity index is 702. The van der Waals surface area contributed by atoms with Gasteiger partial charge in [0, 0.05) is 12.3 Å². The van der Waals surface area contributed by atoms with E-state index in [0.29, 0.717) is 35.5 Å². The standard InChI is InChI=1S/C18H22N2O4/c1-12-3-7-15(24-12)18(2,22)11-20-17(21)14-6-8-16(19-9-14)23-10-13-4-5-13/h3,6-9,13,22H,4-5,10-11H2,1-2H3,(H,20,21). The summed E-state index contributed by atoms with van der Waals surface area (Å²) in [5, 5.41) is 13.1. The van der Waals surface area contributed by atoms with Crippen LogP contribution in [0.15, 0.2) is 34.9 Å². The minimum atomic E-state index is -1.27. The summed E-state index contributed by atoms with van der Waals surface area (Å²) in [6.45, 7) is 4.12. The van der Waals surface area contributed by atoms with Gasteiger partial charge in [-0.15, -0.1) is 0 Å². The molecule has 1 aliphatic rings. The molecule has 3 rings (SSSR count). The second-order valence-electron chi connectivity index (χ2n) is 6.51. The van der Waals surface area contributed by atoms with Gasteiger partial charge in [-0.1, -0.05) is 0 Å². The monoisotopic (exact) mass is 330 g/mol. The molecule has 0 spiro atoms. The number of aromatic nitrogens is 1. The zero-order valence-corrected chi connectivity index (χ0v) is 13.9. The van der Waals surface area contributed by atoms with Crippen LogP contribution in [0, 0.1) is 12.8 Å². The number of nitrogens with zero attached hydrogens (tertiary/aromatic N) is 1. The lowest BCUT2D eigenvalue weighted by Crippen LogP contribution is -2.38. The highest BCUT2D eigenvalue weighted by Gasteiger charge is 2.27. The first-order chi connectivity index (χ1) is 11.4. The SMILES string of the molecule is Cc1ccc(C(C)(O)CNC(=O)c2ccc(OCC3CC3)nc2)o1. The Morgan fingerprint density at radius 2 is 2.21 bits per heavy atom. The number of pyridine rings is 1. The summed E-state index contributed by atoms with van der Waals surface area (Å²) in [7, 11) is 0. The Labute approximate surface area is 140 Å². The fraction of sp³-hybridized carbons (Fsp3) is 0.444. The molecule has 1 unspecified atom stereocenters. The van der Waals surface area contributed by atoms with Crippen LogP contribution >= 0.6 is 0 Å². The molecule has 0 bridgehead atoms. The summed E-state index contributed by atoms with van der Waals surface area (Å²) in [5.41, 5.74) is -0.856. The van der Waals surface area contributed by atoms with Crippen LogP contribution in [0.3, 0.4) is 0 Å². The number of ether oxygens (including phenoxy) is 1. The van der Waals surface area contributed by atoms with Gasteiger partial charge in [-0.05, 0) is 50.8 Å². The number of aryl methyl sites for hydroxylation is 1. The molecule has 0 radical (unpaired) electrons. The van der Waals surface area contributed by atoms with E-state index in [1.807, 2.05) is 0 Å². The lowest BCUT2D eigenvalue weighted by atomic mass is 10.0. The third kappa shape index (κ3) is 4.14. The van der Waals surface area contributed by atoms with Crippen molar-refractivity contribution in [2.75, 3.05) is 13.2 Å². The molecule has 2 aromatic rings. The lowest BCUT2D eigenvalue weighted by Gasteiger charge is -2.21. The summed E-state index contributed by atoms with van der Waals surface area (Å²) in [4.78, 5) is 16.3. The number of furan rings is 1. The molecule has 1 amide bonds. The fourth-order valence-corrected chi connectivity index (χ4v) is 2.25. The maximum atomic E-state index is 12.2. The zero-order chi connectivity index (χ0) is 17.2. The normalized spacial score (nSPS) is 16.5. The van der Waals surface area contributed by atoms with Gasteiger partial charge in [0.05, 0.1) is 18.7 Å². The molecule has 0 aromatic carbocycles. The number of aliphatic hydroxyl groups is 1. The molecule has 1 fully saturated rings. The zero-order valence-electron chi connectivity index (χ0n) is 13.9. The number of nitrogens with one attached hydrogen (secondary N) is 1. The molecular formula is C18H22N2O4. The number of rotatable bonds is 7. The van der Waals surface area contributed by atoms with E-state index in [2.05, 4.69) is 10.3 Å². The molecular weight excluding hydrogens is 308 g/mol. The van der Waals surface area contributed by atoms with Gasteiger partial charge in [0.1, 0.15) is 17.1 Å². The Balaban J connectivity index is 1.54. The van der Waals surface area contributed by atoms with E-state index in [4.69, 9.17) is 9.15 Å². The average Bonchev–Trinajstić information content (AvgIpc) is 3.30. The largest absolute Gasteiger partial charge is 0.477 e. The molecule has 0 saturated heterocycles. The number of amides is 1.